The van der Waals surface area contributed by atoms with Gasteiger partial charge in [0.2, 0.25) is 0 Å². The van der Waals surface area contributed by atoms with Crippen molar-refractivity contribution in [3.8, 4) is 0 Å². The Kier molecular flexibility index (Phi) is 1.97. The molecule has 0 aromatic heterocycles. The van der Waals surface area contributed by atoms with Crippen LogP contribution in [0.25, 0.3) is 0 Å². The average molecular weight is 166 g/mol. The van der Waals surface area contributed by atoms with E-state index in [0.29, 0.717) is 0 Å². The molecule has 0 heterocycles. The summed E-state index contributed by atoms with van der Waals surface area (Å²) in [5.41, 5.74) is 0.722. The molecule has 3 saturated carbocycles. The van der Waals surface area contributed by atoms with Crippen molar-refractivity contribution in [3.63, 3.8) is 0 Å². The highest BCUT2D eigenvalue weighted by molar-refractivity contribution is 4.95. The molecule has 0 aromatic carbocycles. The van der Waals surface area contributed by atoms with Gasteiger partial charge in [0, 0.05) is 0 Å². The first-order valence-electron chi connectivity index (χ1n) is 5.57. The fourth-order valence-corrected chi connectivity index (χ4v) is 3.84. The third kappa shape index (κ3) is 1.53. The minimum atomic E-state index is 0.722. The van der Waals surface area contributed by atoms with Crippen LogP contribution in [0.15, 0.2) is 0 Å². The summed E-state index contributed by atoms with van der Waals surface area (Å²) in [4.78, 5) is 0. The smallest absolute Gasteiger partial charge is 0.0318 e. The van der Waals surface area contributed by atoms with E-state index in [0.717, 1.165) is 23.2 Å². The fourth-order valence-electron chi connectivity index (χ4n) is 3.84. The van der Waals surface area contributed by atoms with Gasteiger partial charge in [0.15, 0.2) is 0 Å². The van der Waals surface area contributed by atoms with Gasteiger partial charge in [-0.25, -0.2) is 0 Å². The molecule has 0 spiro atoms. The summed E-state index contributed by atoms with van der Waals surface area (Å²) in [6.07, 6.45) is 7.64. The van der Waals surface area contributed by atoms with Gasteiger partial charge in [0.25, 0.3) is 0 Å². The van der Waals surface area contributed by atoms with Crippen LogP contribution in [0.5, 0.6) is 0 Å². The largest absolute Gasteiger partial charge is 0.0628 e. The molecule has 0 radical (unpaired) electrons. The number of hydrogen-bond acceptors (Lipinski definition) is 0. The van der Waals surface area contributed by atoms with Gasteiger partial charge < -0.3 is 0 Å². The Balaban J connectivity index is 1.93. The van der Waals surface area contributed by atoms with E-state index in [1.165, 1.54) is 19.3 Å². The third-order valence-corrected chi connectivity index (χ3v) is 3.80. The Morgan fingerprint density at radius 3 is 2.08 bits per heavy atom. The van der Waals surface area contributed by atoms with Gasteiger partial charge in [-0.1, -0.05) is 20.8 Å². The normalized spacial score (nSPS) is 46.0. The van der Waals surface area contributed by atoms with E-state index < -0.39 is 0 Å². The molecule has 0 aliphatic heterocycles. The lowest BCUT2D eigenvalue weighted by Crippen LogP contribution is -2.40. The molecule has 0 aromatic rings. The molecule has 3 aliphatic rings. The first-order chi connectivity index (χ1) is 5.57. The molecule has 3 aliphatic carbocycles. The molecular formula is C12H22. The molecular weight excluding hydrogens is 144 g/mol. The Morgan fingerprint density at radius 1 is 1.17 bits per heavy atom. The number of hydrogen-bond donors (Lipinski definition) is 0. The summed E-state index contributed by atoms with van der Waals surface area (Å²) in [5.74, 6) is 3.13. The Hall–Kier alpha value is 0. The molecule has 0 atom stereocenters. The monoisotopic (exact) mass is 166 g/mol. The van der Waals surface area contributed by atoms with Crippen molar-refractivity contribution in [3.05, 3.63) is 0 Å². The second-order valence-electron chi connectivity index (χ2n) is 6.02. The molecule has 3 rings (SSSR count). The van der Waals surface area contributed by atoms with E-state index in [-0.39, 0.29) is 0 Å². The molecule has 0 saturated heterocycles. The first kappa shape index (κ1) is 8.59. The highest BCUT2D eigenvalue weighted by Gasteiger charge is 2.44. The summed E-state index contributed by atoms with van der Waals surface area (Å²) in [6, 6.07) is 0. The van der Waals surface area contributed by atoms with Crippen LogP contribution in [0.3, 0.4) is 0 Å². The van der Waals surface area contributed by atoms with Gasteiger partial charge in [-0.2, -0.15) is 0 Å². The third-order valence-electron chi connectivity index (χ3n) is 3.80. The second-order valence-corrected chi connectivity index (χ2v) is 6.02. The van der Waals surface area contributed by atoms with Crippen molar-refractivity contribution >= 4 is 0 Å². The molecule has 70 valence electrons. The lowest BCUT2D eigenvalue weighted by atomic mass is 9.54. The van der Waals surface area contributed by atoms with Gasteiger partial charge in [0.05, 0.1) is 0 Å². The number of fused-ring (bicyclic) bond motifs is 2. The van der Waals surface area contributed by atoms with Crippen LogP contribution in [0.4, 0.5) is 0 Å². The number of rotatable bonds is 2. The minimum absolute atomic E-state index is 0.722. The lowest BCUT2D eigenvalue weighted by Gasteiger charge is -2.51. The highest BCUT2D eigenvalue weighted by atomic mass is 14.5. The maximum atomic E-state index is 2.52. The molecule has 3 fully saturated rings. The Morgan fingerprint density at radius 2 is 1.67 bits per heavy atom. The van der Waals surface area contributed by atoms with Gasteiger partial charge in [-0.3, -0.25) is 0 Å². The fraction of sp³-hybridized carbons (Fsp3) is 1.00. The van der Waals surface area contributed by atoms with Crippen LogP contribution >= 0.6 is 0 Å². The zero-order chi connectivity index (χ0) is 8.77. The van der Waals surface area contributed by atoms with E-state index in [4.69, 9.17) is 0 Å². The molecule has 0 nitrogen and oxygen atoms in total. The lowest BCUT2D eigenvalue weighted by molar-refractivity contribution is -0.00342. The molecule has 12 heavy (non-hydrogen) atoms. The predicted octanol–water partition coefficient (Wildman–Crippen LogP) is 3.86. The van der Waals surface area contributed by atoms with Gasteiger partial charge in [-0.05, 0) is 55.3 Å². The van der Waals surface area contributed by atoms with Crippen LogP contribution in [0.2, 0.25) is 0 Å². The van der Waals surface area contributed by atoms with Crippen LogP contribution in [-0.2, 0) is 0 Å². The zero-order valence-corrected chi connectivity index (χ0v) is 8.77. The van der Waals surface area contributed by atoms with E-state index in [9.17, 15) is 0 Å². The van der Waals surface area contributed by atoms with Crippen molar-refractivity contribution in [2.45, 2.75) is 52.9 Å². The topological polar surface area (TPSA) is 0 Å². The predicted molar refractivity (Wildman–Crippen MR) is 53.0 cm³/mol. The molecule has 0 heteroatoms. The minimum Gasteiger partial charge on any atom is -0.0628 e. The Bertz CT molecular complexity index is 147. The maximum absolute atomic E-state index is 2.52. The van der Waals surface area contributed by atoms with Crippen LogP contribution < -0.4 is 0 Å². The van der Waals surface area contributed by atoms with E-state index in [1.54, 1.807) is 12.8 Å². The van der Waals surface area contributed by atoms with E-state index >= 15 is 0 Å². The standard InChI is InChI=1S/C12H22/c1-9(2)6-12(3)7-10-4-11(5-10)8-12/h9-11H,4-8H2,1-3H3. The van der Waals surface area contributed by atoms with Gasteiger partial charge in [-0.15, -0.1) is 0 Å². The SMILES string of the molecule is CC(C)CC1(C)CC2CC(C2)C1. The highest BCUT2D eigenvalue weighted by Crippen LogP contribution is 2.55. The molecule has 0 amide bonds. The first-order valence-corrected chi connectivity index (χ1v) is 5.57. The van der Waals surface area contributed by atoms with Gasteiger partial charge >= 0.3 is 0 Å². The van der Waals surface area contributed by atoms with E-state index in [2.05, 4.69) is 20.8 Å². The van der Waals surface area contributed by atoms with Gasteiger partial charge in [0.1, 0.15) is 0 Å². The maximum Gasteiger partial charge on any atom is -0.0318 e. The summed E-state index contributed by atoms with van der Waals surface area (Å²) >= 11 is 0. The van der Waals surface area contributed by atoms with Crippen molar-refractivity contribution in [2.24, 2.45) is 23.2 Å². The molecule has 0 unspecified atom stereocenters. The van der Waals surface area contributed by atoms with Crippen molar-refractivity contribution in [1.29, 1.82) is 0 Å². The average Bonchev–Trinajstić information content (AvgIpc) is 1.80. The summed E-state index contributed by atoms with van der Waals surface area (Å²) in [6.45, 7) is 7.25. The van der Waals surface area contributed by atoms with Crippen molar-refractivity contribution in [1.82, 2.24) is 0 Å². The van der Waals surface area contributed by atoms with Crippen molar-refractivity contribution in [2.75, 3.05) is 0 Å². The van der Waals surface area contributed by atoms with E-state index in [1.807, 2.05) is 0 Å². The van der Waals surface area contributed by atoms with Crippen molar-refractivity contribution < 1.29 is 0 Å². The second kappa shape index (κ2) is 2.75. The summed E-state index contributed by atoms with van der Waals surface area (Å²) in [7, 11) is 0. The summed E-state index contributed by atoms with van der Waals surface area (Å²) < 4.78 is 0. The quantitative estimate of drug-likeness (QED) is 0.584. The zero-order valence-electron chi connectivity index (χ0n) is 8.77. The Labute approximate surface area is 76.7 Å². The molecule has 0 N–H and O–H groups in total. The molecule has 2 bridgehead atoms. The van der Waals surface area contributed by atoms with Crippen LogP contribution in [0, 0.1) is 23.2 Å². The van der Waals surface area contributed by atoms with Crippen LogP contribution in [-0.4, -0.2) is 0 Å². The van der Waals surface area contributed by atoms with Crippen LogP contribution in [0.1, 0.15) is 52.9 Å². The summed E-state index contributed by atoms with van der Waals surface area (Å²) in [5, 5.41) is 0.